The number of aromatic hydroxyl groups is 2. The molecule has 60 heavy (non-hydrogen) atoms. The molecule has 8 N–H and O–H groups in total. The SMILES string of the molecule is CC(NC(=O)C1Cc2ccc(O)c(c2)-c2cc(ccc2O)C(N(C)C(=O)C(CCCCN)NC(=O)c2ccc(-c3ccc(Cl)cc3)cc2)C(=O)NC(C)C(=O)N1)C(=O)CCl. The Morgan fingerprint density at radius 2 is 1.47 bits per heavy atom. The van der Waals surface area contributed by atoms with E-state index in [0.29, 0.717) is 35.5 Å². The number of rotatable bonds is 13. The molecule has 1 aliphatic rings. The fourth-order valence-corrected chi connectivity index (χ4v) is 7.20. The number of likely N-dealkylation sites (N-methyl/N-ethyl adjacent to an activating group) is 1. The van der Waals surface area contributed by atoms with E-state index in [1.807, 2.05) is 12.1 Å². The smallest absolute Gasteiger partial charge is 0.251 e. The third-order valence-electron chi connectivity index (χ3n) is 10.3. The van der Waals surface area contributed by atoms with Gasteiger partial charge in [0.15, 0.2) is 5.78 Å². The Morgan fingerprint density at radius 3 is 2.10 bits per heavy atom. The fraction of sp³-hybridized carbons (Fsp3) is 0.318. The molecular formula is C44H48Cl2N6O8. The van der Waals surface area contributed by atoms with Crippen LogP contribution in [0.4, 0.5) is 0 Å². The van der Waals surface area contributed by atoms with Crippen molar-refractivity contribution in [3.05, 3.63) is 107 Å². The van der Waals surface area contributed by atoms with Gasteiger partial charge in [0, 0.05) is 35.2 Å². The molecule has 316 valence electrons. The van der Waals surface area contributed by atoms with Crippen LogP contribution in [0.2, 0.25) is 5.02 Å². The number of nitrogens with two attached hydrogens (primary N) is 1. The van der Waals surface area contributed by atoms with E-state index in [4.69, 9.17) is 28.9 Å². The Labute approximate surface area is 357 Å². The van der Waals surface area contributed by atoms with E-state index in [1.165, 1.54) is 51.2 Å². The highest BCUT2D eigenvalue weighted by Crippen LogP contribution is 2.39. The largest absolute Gasteiger partial charge is 0.507 e. The van der Waals surface area contributed by atoms with Crippen molar-refractivity contribution in [2.75, 3.05) is 19.5 Å². The van der Waals surface area contributed by atoms with Gasteiger partial charge < -0.3 is 42.1 Å². The topological polar surface area (TPSA) is 220 Å². The number of unbranched alkanes of at least 4 members (excludes halogenated alkanes) is 1. The minimum absolute atomic E-state index is 0.0998. The lowest BCUT2D eigenvalue weighted by Crippen LogP contribution is -2.57. The summed E-state index contributed by atoms with van der Waals surface area (Å²) in [5, 5.41) is 33.4. The molecule has 16 heteroatoms. The number of benzene rings is 4. The van der Waals surface area contributed by atoms with E-state index in [9.17, 15) is 39.0 Å². The molecule has 5 atom stereocenters. The lowest BCUT2D eigenvalue weighted by molar-refractivity contribution is -0.141. The first-order valence-electron chi connectivity index (χ1n) is 19.4. The molecule has 4 bridgehead atoms. The van der Waals surface area contributed by atoms with Crippen LogP contribution in [-0.4, -0.2) is 94.1 Å². The number of Topliss-reactive ketones (excluding diaryl/α,β-unsaturated/α-hetero) is 1. The van der Waals surface area contributed by atoms with Crippen LogP contribution in [0.25, 0.3) is 22.3 Å². The Balaban J connectivity index is 1.49. The molecule has 4 aromatic carbocycles. The number of halogens is 2. The van der Waals surface area contributed by atoms with Gasteiger partial charge in [0.25, 0.3) is 5.91 Å². The summed E-state index contributed by atoms with van der Waals surface area (Å²) >= 11 is 11.7. The van der Waals surface area contributed by atoms with Crippen molar-refractivity contribution in [2.24, 2.45) is 5.73 Å². The summed E-state index contributed by atoms with van der Waals surface area (Å²) in [5.41, 5.74) is 8.73. The van der Waals surface area contributed by atoms with E-state index in [2.05, 4.69) is 21.3 Å². The van der Waals surface area contributed by atoms with Crippen molar-refractivity contribution in [2.45, 2.75) is 69.7 Å². The molecule has 5 amide bonds. The maximum atomic E-state index is 14.5. The lowest BCUT2D eigenvalue weighted by Gasteiger charge is -2.32. The number of carbonyl (C=O) groups is 6. The van der Waals surface area contributed by atoms with Gasteiger partial charge >= 0.3 is 0 Å². The zero-order chi connectivity index (χ0) is 43.7. The Morgan fingerprint density at radius 1 is 0.850 bits per heavy atom. The molecule has 1 aliphatic heterocycles. The van der Waals surface area contributed by atoms with E-state index in [1.54, 1.807) is 42.5 Å². The number of ketones is 1. The van der Waals surface area contributed by atoms with Gasteiger partial charge in [-0.25, -0.2) is 0 Å². The average Bonchev–Trinajstić information content (AvgIpc) is 3.23. The summed E-state index contributed by atoms with van der Waals surface area (Å²) in [6.07, 6.45) is 1.11. The molecule has 5 unspecified atom stereocenters. The summed E-state index contributed by atoms with van der Waals surface area (Å²) in [7, 11) is 1.39. The van der Waals surface area contributed by atoms with Crippen LogP contribution in [0.1, 0.15) is 60.6 Å². The fourth-order valence-electron chi connectivity index (χ4n) is 6.85. The van der Waals surface area contributed by atoms with Crippen molar-refractivity contribution in [3.63, 3.8) is 0 Å². The molecule has 0 saturated heterocycles. The normalized spacial score (nSPS) is 17.5. The highest BCUT2D eigenvalue weighted by Gasteiger charge is 2.36. The maximum absolute atomic E-state index is 14.5. The van der Waals surface area contributed by atoms with Gasteiger partial charge in [-0.15, -0.1) is 11.6 Å². The number of nitrogens with one attached hydrogen (secondary N) is 4. The average molecular weight is 860 g/mol. The molecule has 0 aliphatic carbocycles. The summed E-state index contributed by atoms with van der Waals surface area (Å²) in [6, 6.07) is 16.7. The monoisotopic (exact) mass is 858 g/mol. The molecule has 1 heterocycles. The second-order valence-corrected chi connectivity index (χ2v) is 15.4. The van der Waals surface area contributed by atoms with Crippen molar-refractivity contribution < 1.29 is 39.0 Å². The van der Waals surface area contributed by atoms with Crippen molar-refractivity contribution in [3.8, 4) is 33.8 Å². The van der Waals surface area contributed by atoms with E-state index in [0.717, 1.165) is 16.0 Å². The predicted molar refractivity (Wildman–Crippen MR) is 228 cm³/mol. The molecule has 5 rings (SSSR count). The van der Waals surface area contributed by atoms with Gasteiger partial charge in [-0.05, 0) is 110 Å². The zero-order valence-corrected chi connectivity index (χ0v) is 34.8. The highest BCUT2D eigenvalue weighted by atomic mass is 35.5. The van der Waals surface area contributed by atoms with E-state index in [-0.39, 0.29) is 46.9 Å². The van der Waals surface area contributed by atoms with Gasteiger partial charge in [0.1, 0.15) is 35.7 Å². The van der Waals surface area contributed by atoms with Crippen LogP contribution in [-0.2, 0) is 30.4 Å². The summed E-state index contributed by atoms with van der Waals surface area (Å²) in [4.78, 5) is 83.0. The number of carbonyl (C=O) groups excluding carboxylic acids is 6. The summed E-state index contributed by atoms with van der Waals surface area (Å²) < 4.78 is 0. The third-order valence-corrected chi connectivity index (χ3v) is 10.9. The first-order chi connectivity index (χ1) is 28.6. The molecule has 14 nitrogen and oxygen atoms in total. The molecule has 0 spiro atoms. The third kappa shape index (κ3) is 11.0. The molecule has 0 saturated carbocycles. The number of alkyl halides is 1. The van der Waals surface area contributed by atoms with E-state index < -0.39 is 65.5 Å². The van der Waals surface area contributed by atoms with Crippen molar-refractivity contribution in [1.29, 1.82) is 0 Å². The second kappa shape index (κ2) is 20.3. The van der Waals surface area contributed by atoms with Crippen molar-refractivity contribution >= 4 is 58.5 Å². The number of nitrogens with zero attached hydrogens (tertiary/aromatic N) is 1. The minimum atomic E-state index is -1.44. The summed E-state index contributed by atoms with van der Waals surface area (Å²) in [5.74, 6) is -4.70. The Hall–Kier alpha value is -5.96. The standard InChI is InChI=1S/C44H48Cl2N6O8/c1-24(38(55)23-45)48-42(58)35-21-26-7-17-36(53)32(20-26)33-22-30(14-18-37(33)54)39(43(59)49-25(2)40(56)51-35)52(3)44(60)34(6-4-5-19-47)50-41(57)29-10-8-27(9-11-29)28-12-15-31(46)16-13-28/h7-18,20,22,24-25,34-35,39,53-54H,4-6,19,21,23,47H2,1-3H3,(H,48,58)(H,49,59)(H,50,57)(H,51,56). The molecule has 4 aromatic rings. The first kappa shape index (κ1) is 45.1. The highest BCUT2D eigenvalue weighted by molar-refractivity contribution is 6.30. The number of phenolic OH excluding ortho intramolecular Hbond substituents is 2. The van der Waals surface area contributed by atoms with Crippen LogP contribution in [0, 0.1) is 0 Å². The molecule has 0 aromatic heterocycles. The lowest BCUT2D eigenvalue weighted by atomic mass is 9.93. The Bertz CT molecular complexity index is 2240. The van der Waals surface area contributed by atoms with Crippen LogP contribution >= 0.6 is 23.2 Å². The molecular weight excluding hydrogens is 811 g/mol. The molecule has 0 fully saturated rings. The maximum Gasteiger partial charge on any atom is 0.251 e. The first-order valence-corrected chi connectivity index (χ1v) is 20.3. The minimum Gasteiger partial charge on any atom is -0.507 e. The number of fused-ring (bicyclic) bond motifs is 5. The zero-order valence-electron chi connectivity index (χ0n) is 33.3. The van der Waals surface area contributed by atoms with Crippen LogP contribution in [0.5, 0.6) is 11.5 Å². The van der Waals surface area contributed by atoms with Gasteiger partial charge in [-0.2, -0.15) is 0 Å². The quantitative estimate of drug-likeness (QED) is 0.0749. The van der Waals surface area contributed by atoms with Crippen LogP contribution in [0.15, 0.2) is 84.9 Å². The number of hydrogen-bond acceptors (Lipinski definition) is 9. The van der Waals surface area contributed by atoms with Gasteiger partial charge in [-0.3, -0.25) is 28.8 Å². The van der Waals surface area contributed by atoms with Crippen LogP contribution < -0.4 is 27.0 Å². The van der Waals surface area contributed by atoms with Gasteiger partial charge in [0.2, 0.25) is 23.6 Å². The number of phenols is 2. The van der Waals surface area contributed by atoms with E-state index >= 15 is 0 Å². The number of hydrogen-bond donors (Lipinski definition) is 7. The Kier molecular flexibility index (Phi) is 15.3. The van der Waals surface area contributed by atoms with Gasteiger partial charge in [-0.1, -0.05) is 48.0 Å². The number of amides is 5. The van der Waals surface area contributed by atoms with Crippen LogP contribution in [0.3, 0.4) is 0 Å². The predicted octanol–water partition coefficient (Wildman–Crippen LogP) is 4.37. The van der Waals surface area contributed by atoms with Gasteiger partial charge in [0.05, 0.1) is 11.9 Å². The molecule has 0 radical (unpaired) electrons. The summed E-state index contributed by atoms with van der Waals surface area (Å²) in [6.45, 7) is 3.21. The second-order valence-electron chi connectivity index (χ2n) is 14.7. The van der Waals surface area contributed by atoms with Crippen molar-refractivity contribution in [1.82, 2.24) is 26.2 Å².